The minimum absolute atomic E-state index is 0.329. The lowest BCUT2D eigenvalue weighted by atomic mass is 9.99. The summed E-state index contributed by atoms with van der Waals surface area (Å²) in [5, 5.41) is 3.36. The van der Waals surface area contributed by atoms with Crippen LogP contribution in [0.3, 0.4) is 0 Å². The number of aryl methyl sites for hydroxylation is 1. The highest BCUT2D eigenvalue weighted by Crippen LogP contribution is 2.22. The van der Waals surface area contributed by atoms with Gasteiger partial charge in [0.2, 0.25) is 0 Å². The number of methoxy groups -OCH3 is 1. The van der Waals surface area contributed by atoms with Crippen molar-refractivity contribution in [3.05, 3.63) is 59.9 Å². The smallest absolute Gasteiger partial charge is 0.119 e. The number of nitrogens with one attached hydrogen (secondary N) is 1. The monoisotopic (exact) mass is 256 g/mol. The van der Waals surface area contributed by atoms with Crippen LogP contribution in [0.5, 0.6) is 5.75 Å². The first-order valence-corrected chi connectivity index (χ1v) is 6.53. The molecule has 1 unspecified atom stereocenters. The molecule has 3 heteroatoms. The summed E-state index contributed by atoms with van der Waals surface area (Å²) in [6, 6.07) is 12.6. The van der Waals surface area contributed by atoms with Crippen LogP contribution in [0.15, 0.2) is 48.8 Å². The van der Waals surface area contributed by atoms with E-state index in [1.807, 2.05) is 31.4 Å². The number of rotatable bonds is 6. The molecule has 0 bridgehead atoms. The van der Waals surface area contributed by atoms with Gasteiger partial charge in [0, 0.05) is 18.4 Å². The number of aromatic nitrogens is 1. The Bertz CT molecular complexity index is 499. The largest absolute Gasteiger partial charge is 0.497 e. The number of pyridine rings is 1. The van der Waals surface area contributed by atoms with Crippen LogP contribution in [0.25, 0.3) is 0 Å². The number of nitrogens with zero attached hydrogens (tertiary/aromatic N) is 1. The van der Waals surface area contributed by atoms with Crippen molar-refractivity contribution in [2.24, 2.45) is 0 Å². The first-order chi connectivity index (χ1) is 9.33. The summed E-state index contributed by atoms with van der Waals surface area (Å²) in [6.07, 6.45) is 5.78. The maximum absolute atomic E-state index is 5.27. The van der Waals surface area contributed by atoms with Crippen molar-refractivity contribution in [3.8, 4) is 5.75 Å². The number of hydrogen-bond donors (Lipinski definition) is 1. The minimum atomic E-state index is 0.329. The van der Waals surface area contributed by atoms with Crippen molar-refractivity contribution >= 4 is 0 Å². The summed E-state index contributed by atoms with van der Waals surface area (Å²) >= 11 is 0. The van der Waals surface area contributed by atoms with E-state index in [2.05, 4.69) is 28.5 Å². The Kier molecular flexibility index (Phi) is 4.93. The molecule has 0 aliphatic carbocycles. The molecule has 0 radical (unpaired) electrons. The highest BCUT2D eigenvalue weighted by molar-refractivity contribution is 5.30. The molecule has 0 saturated heterocycles. The molecular formula is C16H20N2O. The van der Waals surface area contributed by atoms with Crippen LogP contribution in [-0.4, -0.2) is 19.1 Å². The van der Waals surface area contributed by atoms with E-state index in [1.165, 1.54) is 11.1 Å². The van der Waals surface area contributed by atoms with E-state index in [9.17, 15) is 0 Å². The van der Waals surface area contributed by atoms with E-state index >= 15 is 0 Å². The van der Waals surface area contributed by atoms with Crippen molar-refractivity contribution in [2.45, 2.75) is 18.9 Å². The molecule has 1 N–H and O–H groups in total. The van der Waals surface area contributed by atoms with Crippen LogP contribution in [0, 0.1) is 0 Å². The fourth-order valence-electron chi connectivity index (χ4n) is 2.19. The van der Waals surface area contributed by atoms with Crippen molar-refractivity contribution < 1.29 is 4.74 Å². The van der Waals surface area contributed by atoms with Gasteiger partial charge >= 0.3 is 0 Å². The van der Waals surface area contributed by atoms with E-state index in [4.69, 9.17) is 4.74 Å². The quantitative estimate of drug-likeness (QED) is 0.862. The molecule has 100 valence electrons. The molecule has 0 spiro atoms. The van der Waals surface area contributed by atoms with Gasteiger partial charge < -0.3 is 10.1 Å². The van der Waals surface area contributed by atoms with Crippen molar-refractivity contribution in [3.63, 3.8) is 0 Å². The third-order valence-corrected chi connectivity index (χ3v) is 3.29. The Morgan fingerprint density at radius 3 is 2.84 bits per heavy atom. The van der Waals surface area contributed by atoms with Gasteiger partial charge in [0.15, 0.2) is 0 Å². The van der Waals surface area contributed by atoms with Gasteiger partial charge in [-0.3, -0.25) is 4.98 Å². The minimum Gasteiger partial charge on any atom is -0.497 e. The molecule has 3 nitrogen and oxygen atoms in total. The lowest BCUT2D eigenvalue weighted by Gasteiger charge is -2.17. The first-order valence-electron chi connectivity index (χ1n) is 6.53. The lowest BCUT2D eigenvalue weighted by Crippen LogP contribution is -2.17. The average Bonchev–Trinajstić information content (AvgIpc) is 2.49. The zero-order valence-electron chi connectivity index (χ0n) is 11.5. The molecule has 1 atom stereocenters. The standard InChI is InChI=1S/C16H20N2O/c1-17-16(9-8-13-5-4-10-18-12-13)14-6-3-7-15(11-14)19-2/h3-7,10-12,16-17H,8-9H2,1-2H3. The highest BCUT2D eigenvalue weighted by Gasteiger charge is 2.10. The molecule has 0 aliphatic rings. The predicted octanol–water partition coefficient (Wildman–Crippen LogP) is 2.98. The van der Waals surface area contributed by atoms with Crippen LogP contribution in [0.2, 0.25) is 0 Å². The molecule has 0 saturated carbocycles. The van der Waals surface area contributed by atoms with E-state index in [1.54, 1.807) is 13.3 Å². The van der Waals surface area contributed by atoms with Gasteiger partial charge in [0.1, 0.15) is 5.75 Å². The molecule has 0 fully saturated rings. The molecule has 0 aliphatic heterocycles. The summed E-state index contributed by atoms with van der Waals surface area (Å²) in [5.41, 5.74) is 2.52. The fraction of sp³-hybridized carbons (Fsp3) is 0.312. The lowest BCUT2D eigenvalue weighted by molar-refractivity contribution is 0.413. The molecular weight excluding hydrogens is 236 g/mol. The summed E-state index contributed by atoms with van der Waals surface area (Å²) in [5.74, 6) is 0.902. The normalized spacial score (nSPS) is 12.1. The predicted molar refractivity (Wildman–Crippen MR) is 77.4 cm³/mol. The highest BCUT2D eigenvalue weighted by atomic mass is 16.5. The first kappa shape index (κ1) is 13.6. The average molecular weight is 256 g/mol. The van der Waals surface area contributed by atoms with Gasteiger partial charge in [-0.05, 0) is 49.2 Å². The Labute approximate surface area is 114 Å². The Hall–Kier alpha value is -1.87. The number of hydrogen-bond acceptors (Lipinski definition) is 3. The molecule has 1 heterocycles. The summed E-state index contributed by atoms with van der Waals surface area (Å²) in [4.78, 5) is 4.15. The Balaban J connectivity index is 2.03. The fourth-order valence-corrected chi connectivity index (χ4v) is 2.19. The van der Waals surface area contributed by atoms with Crippen molar-refractivity contribution in [1.29, 1.82) is 0 Å². The van der Waals surface area contributed by atoms with Crippen LogP contribution in [0.1, 0.15) is 23.6 Å². The van der Waals surface area contributed by atoms with Gasteiger partial charge in [0.05, 0.1) is 7.11 Å². The molecule has 1 aromatic carbocycles. The second-order valence-electron chi connectivity index (χ2n) is 4.52. The third-order valence-electron chi connectivity index (χ3n) is 3.29. The van der Waals surface area contributed by atoms with E-state index in [0.29, 0.717) is 6.04 Å². The Morgan fingerprint density at radius 2 is 2.16 bits per heavy atom. The second-order valence-corrected chi connectivity index (χ2v) is 4.52. The maximum atomic E-state index is 5.27. The summed E-state index contributed by atoms with van der Waals surface area (Å²) in [7, 11) is 3.69. The zero-order chi connectivity index (χ0) is 13.5. The van der Waals surface area contributed by atoms with Crippen molar-refractivity contribution in [1.82, 2.24) is 10.3 Å². The van der Waals surface area contributed by atoms with Crippen LogP contribution in [-0.2, 0) is 6.42 Å². The Morgan fingerprint density at radius 1 is 1.26 bits per heavy atom. The third kappa shape index (κ3) is 3.80. The summed E-state index contributed by atoms with van der Waals surface area (Å²) in [6.45, 7) is 0. The van der Waals surface area contributed by atoms with Gasteiger partial charge in [-0.1, -0.05) is 18.2 Å². The van der Waals surface area contributed by atoms with Gasteiger partial charge in [-0.2, -0.15) is 0 Å². The van der Waals surface area contributed by atoms with Gasteiger partial charge in [-0.15, -0.1) is 0 Å². The number of benzene rings is 1. The van der Waals surface area contributed by atoms with Gasteiger partial charge in [0.25, 0.3) is 0 Å². The van der Waals surface area contributed by atoms with E-state index < -0.39 is 0 Å². The molecule has 1 aromatic heterocycles. The van der Waals surface area contributed by atoms with E-state index in [-0.39, 0.29) is 0 Å². The zero-order valence-corrected chi connectivity index (χ0v) is 11.5. The summed E-state index contributed by atoms with van der Waals surface area (Å²) < 4.78 is 5.27. The molecule has 2 rings (SSSR count). The van der Waals surface area contributed by atoms with Crippen LogP contribution < -0.4 is 10.1 Å². The molecule has 2 aromatic rings. The molecule has 0 amide bonds. The topological polar surface area (TPSA) is 34.2 Å². The van der Waals surface area contributed by atoms with Gasteiger partial charge in [-0.25, -0.2) is 0 Å². The van der Waals surface area contributed by atoms with Crippen LogP contribution >= 0.6 is 0 Å². The molecule has 19 heavy (non-hydrogen) atoms. The maximum Gasteiger partial charge on any atom is 0.119 e. The SMILES string of the molecule is CNC(CCc1cccnc1)c1cccc(OC)c1. The number of ether oxygens (including phenoxy) is 1. The second kappa shape index (κ2) is 6.90. The van der Waals surface area contributed by atoms with Crippen LogP contribution in [0.4, 0.5) is 0 Å². The van der Waals surface area contributed by atoms with E-state index in [0.717, 1.165) is 18.6 Å². The van der Waals surface area contributed by atoms with Crippen molar-refractivity contribution in [2.75, 3.05) is 14.2 Å².